The van der Waals surface area contributed by atoms with Crippen molar-refractivity contribution in [2.24, 2.45) is 0 Å². The first-order valence-corrected chi connectivity index (χ1v) is 5.05. The summed E-state index contributed by atoms with van der Waals surface area (Å²) in [6.45, 7) is 6.47. The third-order valence-corrected chi connectivity index (χ3v) is 2.31. The van der Waals surface area contributed by atoms with Crippen LogP contribution in [-0.2, 0) is 5.41 Å². The number of hydrogen-bond donors (Lipinski definition) is 1. The van der Waals surface area contributed by atoms with Gasteiger partial charge in [-0.15, -0.1) is 0 Å². The van der Waals surface area contributed by atoms with Crippen LogP contribution < -0.4 is 0 Å². The van der Waals surface area contributed by atoms with Gasteiger partial charge in [0, 0.05) is 17.3 Å². The Balaban J connectivity index is 2.37. The Morgan fingerprint density at radius 1 is 1.13 bits per heavy atom. The normalized spacial score (nSPS) is 11.7. The number of rotatable bonds is 1. The van der Waals surface area contributed by atoms with E-state index in [0.29, 0.717) is 0 Å². The Morgan fingerprint density at radius 3 is 2.47 bits per heavy atom. The van der Waals surface area contributed by atoms with Crippen molar-refractivity contribution in [2.45, 2.75) is 26.2 Å². The second-order valence-corrected chi connectivity index (χ2v) is 4.63. The molecule has 2 aromatic rings. The van der Waals surface area contributed by atoms with Gasteiger partial charge in [0.1, 0.15) is 5.69 Å². The Hall–Kier alpha value is -1.64. The van der Waals surface area contributed by atoms with Crippen LogP contribution in [-0.4, -0.2) is 15.2 Å². The molecule has 0 radical (unpaired) electrons. The zero-order valence-electron chi connectivity index (χ0n) is 9.28. The fraction of sp³-hybridized carbons (Fsp3) is 0.333. The second-order valence-electron chi connectivity index (χ2n) is 4.63. The molecule has 2 rings (SSSR count). The van der Waals surface area contributed by atoms with Crippen molar-refractivity contribution < 1.29 is 0 Å². The summed E-state index contributed by atoms with van der Waals surface area (Å²) in [5, 5.41) is 7.32. The molecule has 0 aliphatic carbocycles. The Morgan fingerprint density at radius 2 is 1.93 bits per heavy atom. The van der Waals surface area contributed by atoms with Crippen LogP contribution in [0, 0.1) is 0 Å². The summed E-state index contributed by atoms with van der Waals surface area (Å²) in [5.41, 5.74) is 3.04. The SMILES string of the molecule is CC(C)(C)c1cc(-c2ccccn2)n[nH]1. The number of H-pyrrole nitrogens is 1. The zero-order chi connectivity index (χ0) is 10.9. The number of aromatic nitrogens is 3. The van der Waals surface area contributed by atoms with Crippen LogP contribution in [0.3, 0.4) is 0 Å². The second kappa shape index (κ2) is 3.50. The number of nitrogens with zero attached hydrogens (tertiary/aromatic N) is 2. The molecule has 0 atom stereocenters. The van der Waals surface area contributed by atoms with E-state index >= 15 is 0 Å². The smallest absolute Gasteiger partial charge is 0.111 e. The number of nitrogens with one attached hydrogen (secondary N) is 1. The number of hydrogen-bond acceptors (Lipinski definition) is 2. The Labute approximate surface area is 89.6 Å². The van der Waals surface area contributed by atoms with Crippen molar-refractivity contribution in [3.8, 4) is 11.4 Å². The first-order valence-electron chi connectivity index (χ1n) is 5.05. The third kappa shape index (κ3) is 2.06. The number of pyridine rings is 1. The van der Waals surface area contributed by atoms with Gasteiger partial charge in [-0.1, -0.05) is 26.8 Å². The van der Waals surface area contributed by atoms with Crippen LogP contribution in [0.1, 0.15) is 26.5 Å². The summed E-state index contributed by atoms with van der Waals surface area (Å²) < 4.78 is 0. The van der Waals surface area contributed by atoms with Gasteiger partial charge in [-0.3, -0.25) is 10.1 Å². The van der Waals surface area contributed by atoms with E-state index in [2.05, 4.69) is 42.0 Å². The maximum absolute atomic E-state index is 4.27. The largest absolute Gasteiger partial charge is 0.281 e. The van der Waals surface area contributed by atoms with Gasteiger partial charge < -0.3 is 0 Å². The predicted octanol–water partition coefficient (Wildman–Crippen LogP) is 2.77. The van der Waals surface area contributed by atoms with Crippen molar-refractivity contribution in [1.29, 1.82) is 0 Å². The summed E-state index contributed by atoms with van der Waals surface area (Å²) in [5.74, 6) is 0. The molecule has 78 valence electrons. The van der Waals surface area contributed by atoms with E-state index in [1.807, 2.05) is 18.2 Å². The van der Waals surface area contributed by atoms with E-state index in [-0.39, 0.29) is 5.41 Å². The van der Waals surface area contributed by atoms with Crippen molar-refractivity contribution in [3.05, 3.63) is 36.2 Å². The molecular formula is C12H15N3. The van der Waals surface area contributed by atoms with E-state index in [1.54, 1.807) is 6.20 Å². The molecule has 0 fully saturated rings. The lowest BCUT2D eigenvalue weighted by molar-refractivity contribution is 0.567. The summed E-state index contributed by atoms with van der Waals surface area (Å²) >= 11 is 0. The molecule has 0 unspecified atom stereocenters. The van der Waals surface area contributed by atoms with Gasteiger partial charge in [0.15, 0.2) is 0 Å². The van der Waals surface area contributed by atoms with Gasteiger partial charge in [0.05, 0.1) is 5.69 Å². The summed E-state index contributed by atoms with van der Waals surface area (Å²) in [6.07, 6.45) is 1.78. The van der Waals surface area contributed by atoms with Gasteiger partial charge in [0.2, 0.25) is 0 Å². The van der Waals surface area contributed by atoms with Crippen molar-refractivity contribution in [1.82, 2.24) is 15.2 Å². The molecule has 2 heterocycles. The van der Waals surface area contributed by atoms with E-state index in [1.165, 1.54) is 0 Å². The average molecular weight is 201 g/mol. The highest BCUT2D eigenvalue weighted by Crippen LogP contribution is 2.23. The molecule has 0 amide bonds. The van der Waals surface area contributed by atoms with E-state index in [4.69, 9.17) is 0 Å². The highest BCUT2D eigenvalue weighted by Gasteiger charge is 2.17. The highest BCUT2D eigenvalue weighted by molar-refractivity contribution is 5.54. The van der Waals surface area contributed by atoms with Crippen LogP contribution in [0.2, 0.25) is 0 Å². The molecule has 0 saturated carbocycles. The van der Waals surface area contributed by atoms with Gasteiger partial charge >= 0.3 is 0 Å². The van der Waals surface area contributed by atoms with Gasteiger partial charge in [-0.05, 0) is 18.2 Å². The first kappa shape index (κ1) is 9.90. The summed E-state index contributed by atoms with van der Waals surface area (Å²) in [6, 6.07) is 7.89. The minimum Gasteiger partial charge on any atom is -0.281 e. The highest BCUT2D eigenvalue weighted by atomic mass is 15.1. The molecule has 3 nitrogen and oxygen atoms in total. The molecule has 0 saturated heterocycles. The molecule has 15 heavy (non-hydrogen) atoms. The lowest BCUT2D eigenvalue weighted by Gasteiger charge is -2.14. The predicted molar refractivity (Wildman–Crippen MR) is 60.5 cm³/mol. The molecule has 0 aliphatic heterocycles. The third-order valence-electron chi connectivity index (χ3n) is 2.31. The quantitative estimate of drug-likeness (QED) is 0.770. The average Bonchev–Trinajstić information content (AvgIpc) is 2.67. The minimum atomic E-state index is 0.0973. The number of aromatic amines is 1. The van der Waals surface area contributed by atoms with Crippen LogP contribution in [0.25, 0.3) is 11.4 Å². The van der Waals surface area contributed by atoms with Crippen LogP contribution >= 0.6 is 0 Å². The van der Waals surface area contributed by atoms with Crippen molar-refractivity contribution in [3.63, 3.8) is 0 Å². The molecule has 0 spiro atoms. The topological polar surface area (TPSA) is 41.6 Å². The Kier molecular flexibility index (Phi) is 2.31. The molecule has 2 aromatic heterocycles. The van der Waals surface area contributed by atoms with Crippen LogP contribution in [0.4, 0.5) is 0 Å². The fourth-order valence-corrected chi connectivity index (χ4v) is 1.35. The fourth-order valence-electron chi connectivity index (χ4n) is 1.35. The van der Waals surface area contributed by atoms with Crippen LogP contribution in [0.5, 0.6) is 0 Å². The standard InChI is InChI=1S/C12H15N3/c1-12(2,3)11-8-10(14-15-11)9-6-4-5-7-13-9/h4-8H,1-3H3,(H,14,15). The molecule has 1 N–H and O–H groups in total. The zero-order valence-corrected chi connectivity index (χ0v) is 9.28. The van der Waals surface area contributed by atoms with Gasteiger partial charge in [-0.2, -0.15) is 5.10 Å². The van der Waals surface area contributed by atoms with Crippen molar-refractivity contribution >= 4 is 0 Å². The minimum absolute atomic E-state index is 0.0973. The van der Waals surface area contributed by atoms with Crippen molar-refractivity contribution in [2.75, 3.05) is 0 Å². The first-order chi connectivity index (χ1) is 7.07. The van der Waals surface area contributed by atoms with Gasteiger partial charge in [-0.25, -0.2) is 0 Å². The van der Waals surface area contributed by atoms with E-state index < -0.39 is 0 Å². The van der Waals surface area contributed by atoms with Gasteiger partial charge in [0.25, 0.3) is 0 Å². The maximum atomic E-state index is 4.27. The monoisotopic (exact) mass is 201 g/mol. The lowest BCUT2D eigenvalue weighted by atomic mass is 9.92. The van der Waals surface area contributed by atoms with Crippen LogP contribution in [0.15, 0.2) is 30.5 Å². The summed E-state index contributed by atoms with van der Waals surface area (Å²) in [7, 11) is 0. The molecular weight excluding hydrogens is 186 g/mol. The molecule has 0 aromatic carbocycles. The lowest BCUT2D eigenvalue weighted by Crippen LogP contribution is -2.11. The molecule has 3 heteroatoms. The van der Waals surface area contributed by atoms with E-state index in [0.717, 1.165) is 17.1 Å². The van der Waals surface area contributed by atoms with E-state index in [9.17, 15) is 0 Å². The molecule has 0 bridgehead atoms. The molecule has 0 aliphatic rings. The summed E-state index contributed by atoms with van der Waals surface area (Å²) in [4.78, 5) is 4.26. The Bertz CT molecular complexity index is 437. The maximum Gasteiger partial charge on any atom is 0.111 e.